The van der Waals surface area contributed by atoms with Crippen LogP contribution in [-0.2, 0) is 17.8 Å². The van der Waals surface area contributed by atoms with E-state index in [4.69, 9.17) is 14.5 Å². The molecular formula is C29H33N3O3. The van der Waals surface area contributed by atoms with E-state index in [1.54, 1.807) is 7.11 Å². The Labute approximate surface area is 206 Å². The van der Waals surface area contributed by atoms with Gasteiger partial charge in [0.1, 0.15) is 17.3 Å². The van der Waals surface area contributed by atoms with E-state index in [1.807, 2.05) is 61.5 Å². The number of benzene rings is 3. The van der Waals surface area contributed by atoms with Crippen molar-refractivity contribution in [3.8, 4) is 11.5 Å². The minimum atomic E-state index is -0.229. The van der Waals surface area contributed by atoms with Crippen LogP contribution in [0, 0.1) is 13.8 Å². The normalized spacial score (nSPS) is 11.9. The molecule has 0 saturated heterocycles. The molecule has 1 unspecified atom stereocenters. The van der Waals surface area contributed by atoms with Crippen LogP contribution in [0.15, 0.2) is 66.7 Å². The van der Waals surface area contributed by atoms with Gasteiger partial charge in [-0.2, -0.15) is 0 Å². The molecule has 4 aromatic rings. The van der Waals surface area contributed by atoms with E-state index < -0.39 is 0 Å². The number of imidazole rings is 1. The van der Waals surface area contributed by atoms with Crippen LogP contribution in [0.1, 0.15) is 41.9 Å². The maximum Gasteiger partial charge on any atom is 0.224 e. The van der Waals surface area contributed by atoms with Gasteiger partial charge in [-0.3, -0.25) is 4.79 Å². The molecule has 4 rings (SSSR count). The average molecular weight is 472 g/mol. The van der Waals surface area contributed by atoms with E-state index in [2.05, 4.69) is 35.9 Å². The van der Waals surface area contributed by atoms with Crippen LogP contribution in [0.2, 0.25) is 0 Å². The molecule has 0 radical (unpaired) electrons. The lowest BCUT2D eigenvalue weighted by atomic mass is 10.1. The van der Waals surface area contributed by atoms with Crippen LogP contribution >= 0.6 is 0 Å². The summed E-state index contributed by atoms with van der Waals surface area (Å²) in [4.78, 5) is 17.6. The number of nitrogens with zero attached hydrogens (tertiary/aromatic N) is 2. The van der Waals surface area contributed by atoms with Crippen LogP contribution in [0.25, 0.3) is 11.0 Å². The number of amides is 1. The summed E-state index contributed by atoms with van der Waals surface area (Å²) in [5.74, 6) is 2.51. The number of para-hydroxylation sites is 2. The molecule has 6 heteroatoms. The van der Waals surface area contributed by atoms with E-state index in [0.29, 0.717) is 13.0 Å². The van der Waals surface area contributed by atoms with Crippen LogP contribution in [0.5, 0.6) is 11.5 Å². The molecule has 1 amide bonds. The molecule has 0 aliphatic heterocycles. The van der Waals surface area contributed by atoms with Crippen molar-refractivity contribution >= 4 is 16.9 Å². The van der Waals surface area contributed by atoms with Gasteiger partial charge in [0.15, 0.2) is 0 Å². The van der Waals surface area contributed by atoms with Crippen molar-refractivity contribution in [2.75, 3.05) is 13.7 Å². The molecular weight excluding hydrogens is 438 g/mol. The number of ether oxygens (including phenoxy) is 2. The molecule has 0 aliphatic rings. The lowest BCUT2D eigenvalue weighted by Crippen LogP contribution is -2.30. The number of carbonyl (C=O) groups excluding carboxylic acids is 1. The zero-order chi connectivity index (χ0) is 24.8. The van der Waals surface area contributed by atoms with Crippen LogP contribution in [-0.4, -0.2) is 29.2 Å². The van der Waals surface area contributed by atoms with Crippen LogP contribution < -0.4 is 14.8 Å². The lowest BCUT2D eigenvalue weighted by molar-refractivity contribution is -0.121. The van der Waals surface area contributed by atoms with E-state index in [-0.39, 0.29) is 11.9 Å². The number of methoxy groups -OCH3 is 1. The number of nitrogens with one attached hydrogen (secondary N) is 1. The molecule has 1 heterocycles. The third-order valence-corrected chi connectivity index (χ3v) is 6.31. The van der Waals surface area contributed by atoms with Gasteiger partial charge in [-0.1, -0.05) is 36.4 Å². The summed E-state index contributed by atoms with van der Waals surface area (Å²) in [6.45, 7) is 7.52. The van der Waals surface area contributed by atoms with Gasteiger partial charge in [-0.15, -0.1) is 0 Å². The van der Waals surface area contributed by atoms with Crippen molar-refractivity contribution in [1.29, 1.82) is 0 Å². The summed E-state index contributed by atoms with van der Waals surface area (Å²) in [6.07, 6.45) is 1.13. The molecule has 182 valence electrons. The molecule has 1 N–H and O–H groups in total. The average Bonchev–Trinajstić information content (AvgIpc) is 3.23. The minimum Gasteiger partial charge on any atom is -0.497 e. The van der Waals surface area contributed by atoms with Crippen LogP contribution in [0.4, 0.5) is 0 Å². The lowest BCUT2D eigenvalue weighted by Gasteiger charge is -2.17. The quantitative estimate of drug-likeness (QED) is 0.308. The first-order chi connectivity index (χ1) is 17.0. The standard InChI is InChI=1S/C29H33N3O3/c1-20-9-7-12-27(21(20)2)35-18-8-17-32-26-11-6-5-10-25(26)31-29(32)22(3)30-28(33)19-23-13-15-24(34-4)16-14-23/h5-7,9-16,22H,8,17-19H2,1-4H3,(H,30,33). The summed E-state index contributed by atoms with van der Waals surface area (Å²) in [7, 11) is 1.63. The molecule has 1 atom stereocenters. The van der Waals surface area contributed by atoms with E-state index >= 15 is 0 Å². The third-order valence-electron chi connectivity index (χ3n) is 6.31. The number of fused-ring (bicyclic) bond motifs is 1. The van der Waals surface area contributed by atoms with Crippen molar-refractivity contribution in [1.82, 2.24) is 14.9 Å². The van der Waals surface area contributed by atoms with Crippen molar-refractivity contribution in [3.63, 3.8) is 0 Å². The number of rotatable bonds is 10. The molecule has 1 aromatic heterocycles. The van der Waals surface area contributed by atoms with E-state index in [0.717, 1.165) is 46.9 Å². The highest BCUT2D eigenvalue weighted by molar-refractivity contribution is 5.79. The van der Waals surface area contributed by atoms with Crippen molar-refractivity contribution in [2.45, 2.75) is 46.2 Å². The Bertz CT molecular complexity index is 1290. The Hall–Kier alpha value is -3.80. The Morgan fingerprint density at radius 2 is 1.80 bits per heavy atom. The minimum absolute atomic E-state index is 0.0421. The van der Waals surface area contributed by atoms with Gasteiger partial charge in [0.25, 0.3) is 0 Å². The molecule has 0 saturated carbocycles. The molecule has 6 nitrogen and oxygen atoms in total. The zero-order valence-corrected chi connectivity index (χ0v) is 20.9. The maximum absolute atomic E-state index is 12.8. The van der Waals surface area contributed by atoms with Gasteiger partial charge in [-0.05, 0) is 74.2 Å². The van der Waals surface area contributed by atoms with Gasteiger partial charge in [0, 0.05) is 6.54 Å². The number of hydrogen-bond acceptors (Lipinski definition) is 4. The second-order valence-corrected chi connectivity index (χ2v) is 8.82. The summed E-state index contributed by atoms with van der Waals surface area (Å²) >= 11 is 0. The number of aromatic nitrogens is 2. The molecule has 35 heavy (non-hydrogen) atoms. The molecule has 0 spiro atoms. The highest BCUT2D eigenvalue weighted by Gasteiger charge is 2.18. The molecule has 0 bridgehead atoms. The van der Waals surface area contributed by atoms with Gasteiger partial charge in [0.05, 0.1) is 37.2 Å². The largest absolute Gasteiger partial charge is 0.497 e. The predicted octanol–water partition coefficient (Wildman–Crippen LogP) is 5.55. The fraction of sp³-hybridized carbons (Fsp3) is 0.310. The Balaban J connectivity index is 1.43. The fourth-order valence-corrected chi connectivity index (χ4v) is 4.23. The van der Waals surface area contributed by atoms with Crippen LogP contribution in [0.3, 0.4) is 0 Å². The molecule has 0 aliphatic carbocycles. The molecule has 3 aromatic carbocycles. The number of hydrogen-bond donors (Lipinski definition) is 1. The Morgan fingerprint density at radius 1 is 1.03 bits per heavy atom. The second kappa shape index (κ2) is 11.1. The van der Waals surface area contributed by atoms with Crippen molar-refractivity contribution in [2.24, 2.45) is 0 Å². The highest BCUT2D eigenvalue weighted by atomic mass is 16.5. The second-order valence-electron chi connectivity index (χ2n) is 8.82. The SMILES string of the molecule is COc1ccc(CC(=O)NC(C)c2nc3ccccc3n2CCCOc2cccc(C)c2C)cc1. The zero-order valence-electron chi connectivity index (χ0n) is 20.9. The van der Waals surface area contributed by atoms with Gasteiger partial charge >= 0.3 is 0 Å². The summed E-state index contributed by atoms with van der Waals surface area (Å²) in [5.41, 5.74) is 5.33. The van der Waals surface area contributed by atoms with Crippen molar-refractivity contribution < 1.29 is 14.3 Å². The monoisotopic (exact) mass is 471 g/mol. The predicted molar refractivity (Wildman–Crippen MR) is 139 cm³/mol. The number of carbonyl (C=O) groups is 1. The van der Waals surface area contributed by atoms with E-state index in [1.165, 1.54) is 11.1 Å². The smallest absolute Gasteiger partial charge is 0.224 e. The summed E-state index contributed by atoms with van der Waals surface area (Å²) < 4.78 is 13.5. The first-order valence-electron chi connectivity index (χ1n) is 12.0. The molecule has 0 fully saturated rings. The van der Waals surface area contributed by atoms with E-state index in [9.17, 15) is 4.79 Å². The van der Waals surface area contributed by atoms with Gasteiger partial charge < -0.3 is 19.4 Å². The van der Waals surface area contributed by atoms with Crippen molar-refractivity contribution in [3.05, 3.63) is 89.2 Å². The van der Waals surface area contributed by atoms with Gasteiger partial charge in [-0.25, -0.2) is 4.98 Å². The Morgan fingerprint density at radius 3 is 2.57 bits per heavy atom. The number of aryl methyl sites for hydroxylation is 2. The van der Waals surface area contributed by atoms with Gasteiger partial charge in [0.2, 0.25) is 5.91 Å². The topological polar surface area (TPSA) is 65.4 Å². The third kappa shape index (κ3) is 5.83. The highest BCUT2D eigenvalue weighted by Crippen LogP contribution is 2.23. The first-order valence-corrected chi connectivity index (χ1v) is 12.0. The summed E-state index contributed by atoms with van der Waals surface area (Å²) in [6, 6.07) is 21.5. The fourth-order valence-electron chi connectivity index (χ4n) is 4.23. The summed E-state index contributed by atoms with van der Waals surface area (Å²) in [5, 5.41) is 3.12. The first kappa shape index (κ1) is 24.3. The maximum atomic E-state index is 12.8. The Kier molecular flexibility index (Phi) is 7.70.